The maximum atomic E-state index is 13.5. The van der Waals surface area contributed by atoms with E-state index >= 15 is 0 Å². The zero-order valence-electron chi connectivity index (χ0n) is 17.0. The molecule has 0 aliphatic carbocycles. The Labute approximate surface area is 171 Å². The lowest BCUT2D eigenvalue weighted by molar-refractivity contribution is -0.148. The van der Waals surface area contributed by atoms with Gasteiger partial charge in [0.2, 0.25) is 11.8 Å². The van der Waals surface area contributed by atoms with E-state index in [-0.39, 0.29) is 18.4 Å². The third kappa shape index (κ3) is 4.19. The number of nitrogens with one attached hydrogen (secondary N) is 1. The van der Waals surface area contributed by atoms with Gasteiger partial charge in [-0.1, -0.05) is 30.3 Å². The summed E-state index contributed by atoms with van der Waals surface area (Å²) in [7, 11) is 1.82. The molecule has 4 rings (SSSR count). The molecule has 2 aromatic rings. The number of aromatic nitrogens is 2. The smallest absolute Gasteiger partial charge is 0.243 e. The highest BCUT2D eigenvalue weighted by molar-refractivity contribution is 5.93. The van der Waals surface area contributed by atoms with E-state index in [9.17, 15) is 9.59 Å². The molecule has 1 aromatic heterocycles. The van der Waals surface area contributed by atoms with E-state index < -0.39 is 5.54 Å². The number of hydrogen-bond donors (Lipinski definition) is 1. The molecule has 2 fully saturated rings. The van der Waals surface area contributed by atoms with Gasteiger partial charge >= 0.3 is 0 Å². The fraction of sp³-hybridized carbons (Fsp3) is 0.500. The van der Waals surface area contributed by atoms with Crippen molar-refractivity contribution in [2.75, 3.05) is 31.5 Å². The second-order valence-corrected chi connectivity index (χ2v) is 8.11. The summed E-state index contributed by atoms with van der Waals surface area (Å²) in [6.45, 7) is 2.56. The van der Waals surface area contributed by atoms with Crippen LogP contribution in [0.5, 0.6) is 0 Å². The van der Waals surface area contributed by atoms with Crippen molar-refractivity contribution in [1.82, 2.24) is 19.6 Å². The molecule has 2 saturated heterocycles. The molecule has 1 atom stereocenters. The summed E-state index contributed by atoms with van der Waals surface area (Å²) < 4.78 is 1.65. The van der Waals surface area contributed by atoms with Crippen LogP contribution in [0.2, 0.25) is 0 Å². The van der Waals surface area contributed by atoms with Crippen molar-refractivity contribution in [2.45, 2.75) is 37.6 Å². The number of benzene rings is 1. The molecule has 1 spiro atoms. The number of hydrogen-bond acceptors (Lipinski definition) is 4. The van der Waals surface area contributed by atoms with Gasteiger partial charge in [0.25, 0.3) is 0 Å². The molecule has 7 nitrogen and oxygen atoms in total. The number of nitrogens with zero attached hydrogens (tertiary/aromatic N) is 4. The first-order valence-electron chi connectivity index (χ1n) is 10.4. The minimum atomic E-state index is -0.517. The van der Waals surface area contributed by atoms with Crippen LogP contribution in [0.1, 0.15) is 31.2 Å². The van der Waals surface area contributed by atoms with Gasteiger partial charge in [-0.2, -0.15) is 5.10 Å². The van der Waals surface area contributed by atoms with Crippen molar-refractivity contribution in [2.24, 2.45) is 7.05 Å². The summed E-state index contributed by atoms with van der Waals surface area (Å²) in [4.78, 5) is 30.1. The predicted octanol–water partition coefficient (Wildman–Crippen LogP) is 2.06. The van der Waals surface area contributed by atoms with E-state index in [4.69, 9.17) is 0 Å². The summed E-state index contributed by atoms with van der Waals surface area (Å²) >= 11 is 0. The van der Waals surface area contributed by atoms with Crippen molar-refractivity contribution in [3.05, 3.63) is 48.2 Å². The van der Waals surface area contributed by atoms with Gasteiger partial charge in [0.15, 0.2) is 5.82 Å². The topological polar surface area (TPSA) is 70.5 Å². The van der Waals surface area contributed by atoms with Crippen LogP contribution in [0.4, 0.5) is 5.82 Å². The van der Waals surface area contributed by atoms with Crippen molar-refractivity contribution in [3.8, 4) is 0 Å². The van der Waals surface area contributed by atoms with Gasteiger partial charge in [-0.3, -0.25) is 19.2 Å². The first-order chi connectivity index (χ1) is 14.1. The molecular formula is C22H29N5O2. The predicted molar refractivity (Wildman–Crippen MR) is 111 cm³/mol. The van der Waals surface area contributed by atoms with Crippen LogP contribution in [-0.4, -0.2) is 63.1 Å². The summed E-state index contributed by atoms with van der Waals surface area (Å²) in [5, 5.41) is 7.05. The summed E-state index contributed by atoms with van der Waals surface area (Å²) in [6, 6.07) is 12.1. The molecule has 0 saturated carbocycles. The molecule has 1 N–H and O–H groups in total. The molecular weight excluding hydrogens is 366 g/mol. The highest BCUT2D eigenvalue weighted by Crippen LogP contribution is 2.38. The summed E-state index contributed by atoms with van der Waals surface area (Å²) in [5.41, 5.74) is 0.731. The van der Waals surface area contributed by atoms with Gasteiger partial charge in [-0.15, -0.1) is 0 Å². The first-order valence-corrected chi connectivity index (χ1v) is 10.4. The maximum Gasteiger partial charge on any atom is 0.243 e. The van der Waals surface area contributed by atoms with Crippen LogP contribution in [0.3, 0.4) is 0 Å². The lowest BCUT2D eigenvalue weighted by atomic mass is 9.85. The van der Waals surface area contributed by atoms with Crippen molar-refractivity contribution in [1.29, 1.82) is 0 Å². The fourth-order valence-corrected chi connectivity index (χ4v) is 4.71. The minimum Gasteiger partial charge on any atom is -0.341 e. The number of carbonyl (C=O) groups is 2. The van der Waals surface area contributed by atoms with E-state index in [1.54, 1.807) is 16.9 Å². The Hall–Kier alpha value is -2.67. The number of rotatable bonds is 6. The molecule has 2 aliphatic rings. The number of piperidine rings is 1. The van der Waals surface area contributed by atoms with Gasteiger partial charge in [0.05, 0.1) is 6.54 Å². The zero-order valence-corrected chi connectivity index (χ0v) is 17.0. The number of likely N-dealkylation sites (tertiary alicyclic amines) is 2. The molecule has 29 heavy (non-hydrogen) atoms. The van der Waals surface area contributed by atoms with Crippen LogP contribution in [0, 0.1) is 0 Å². The summed E-state index contributed by atoms with van der Waals surface area (Å²) in [6.07, 6.45) is 6.27. The van der Waals surface area contributed by atoms with E-state index in [0.29, 0.717) is 5.82 Å². The first kappa shape index (κ1) is 19.6. The Kier molecular flexibility index (Phi) is 5.67. The van der Waals surface area contributed by atoms with Gasteiger partial charge in [0, 0.05) is 32.4 Å². The van der Waals surface area contributed by atoms with E-state index in [1.165, 1.54) is 5.56 Å². The molecule has 7 heteroatoms. The Morgan fingerprint density at radius 1 is 1.14 bits per heavy atom. The largest absolute Gasteiger partial charge is 0.341 e. The SMILES string of the molecule is Cn1ccc(NC(=O)CN2CCCC23CCCN(CCc2ccccc2)C3=O)n1. The molecule has 154 valence electrons. The highest BCUT2D eigenvalue weighted by Gasteiger charge is 2.51. The maximum absolute atomic E-state index is 13.5. The van der Waals surface area contributed by atoms with Crippen molar-refractivity contribution in [3.63, 3.8) is 0 Å². The quantitative estimate of drug-likeness (QED) is 0.813. The average Bonchev–Trinajstić information content (AvgIpc) is 3.30. The molecule has 2 amide bonds. The Morgan fingerprint density at radius 2 is 1.90 bits per heavy atom. The summed E-state index contributed by atoms with van der Waals surface area (Å²) in [5.74, 6) is 0.632. The lowest BCUT2D eigenvalue weighted by Crippen LogP contribution is -2.61. The second-order valence-electron chi connectivity index (χ2n) is 8.11. The van der Waals surface area contributed by atoms with Crippen molar-refractivity contribution < 1.29 is 9.59 Å². The monoisotopic (exact) mass is 395 g/mol. The number of aryl methyl sites for hydroxylation is 1. The molecule has 0 radical (unpaired) electrons. The molecule has 3 heterocycles. The van der Waals surface area contributed by atoms with Crippen molar-refractivity contribution >= 4 is 17.6 Å². The third-order valence-corrected chi connectivity index (χ3v) is 6.16. The van der Waals surface area contributed by atoms with Crippen LogP contribution in [0.15, 0.2) is 42.6 Å². The molecule has 2 aliphatic heterocycles. The fourth-order valence-electron chi connectivity index (χ4n) is 4.71. The molecule has 1 aromatic carbocycles. The van der Waals surface area contributed by atoms with E-state index in [0.717, 1.165) is 51.7 Å². The second kappa shape index (κ2) is 8.37. The normalized spacial score (nSPS) is 22.4. The molecule has 0 bridgehead atoms. The standard InChI is InChI=1S/C22H29N5O2/c1-25-15-10-19(24-25)23-20(28)17-27-14-6-12-22(27)11-5-13-26(21(22)29)16-9-18-7-3-2-4-8-18/h2-4,7-8,10,15H,5-6,9,11-14,16-17H2,1H3,(H,23,24,28). The van der Waals surface area contributed by atoms with Gasteiger partial charge in [-0.05, 0) is 44.2 Å². The Morgan fingerprint density at radius 3 is 2.62 bits per heavy atom. The van der Waals surface area contributed by atoms with Gasteiger partial charge < -0.3 is 10.2 Å². The lowest BCUT2D eigenvalue weighted by Gasteiger charge is -2.44. The van der Waals surface area contributed by atoms with Crippen LogP contribution < -0.4 is 5.32 Å². The third-order valence-electron chi connectivity index (χ3n) is 6.16. The highest BCUT2D eigenvalue weighted by atomic mass is 16.2. The molecule has 1 unspecified atom stereocenters. The number of anilines is 1. The van der Waals surface area contributed by atoms with Gasteiger partial charge in [-0.25, -0.2) is 0 Å². The van der Waals surface area contributed by atoms with E-state index in [2.05, 4.69) is 27.4 Å². The van der Waals surface area contributed by atoms with Crippen LogP contribution >= 0.6 is 0 Å². The van der Waals surface area contributed by atoms with Crippen LogP contribution in [-0.2, 0) is 23.1 Å². The number of carbonyl (C=O) groups excluding carboxylic acids is 2. The Balaban J connectivity index is 1.40. The average molecular weight is 396 g/mol. The van der Waals surface area contributed by atoms with Gasteiger partial charge in [0.1, 0.15) is 5.54 Å². The zero-order chi connectivity index (χ0) is 20.3. The minimum absolute atomic E-state index is 0.112. The van der Waals surface area contributed by atoms with Crippen LogP contribution in [0.25, 0.3) is 0 Å². The van der Waals surface area contributed by atoms with E-state index in [1.807, 2.05) is 30.1 Å². The Bertz CT molecular complexity index is 865. The number of amides is 2.